The second kappa shape index (κ2) is 16.5. The van der Waals surface area contributed by atoms with E-state index in [1.807, 2.05) is 31.6 Å². The largest absolute Gasteiger partial charge is 0.449 e. The van der Waals surface area contributed by atoms with E-state index in [0.29, 0.717) is 36.8 Å². The van der Waals surface area contributed by atoms with E-state index in [0.717, 1.165) is 17.4 Å². The molecule has 0 spiro atoms. The first-order valence-electron chi connectivity index (χ1n) is 18.3. The average Bonchev–Trinajstić information content (AvgIpc) is 3.42. The first kappa shape index (κ1) is 41.7. The topological polar surface area (TPSA) is 181 Å². The van der Waals surface area contributed by atoms with Gasteiger partial charge in [0.25, 0.3) is 15.9 Å². The Morgan fingerprint density at radius 3 is 2.59 bits per heavy atom. The number of alkyl carbamates (subject to hydrolysis) is 1. The molecule has 3 aliphatic heterocycles. The zero-order chi connectivity index (χ0) is 40.6. The predicted molar refractivity (Wildman–Crippen MR) is 205 cm³/mol. The zero-order valence-electron chi connectivity index (χ0n) is 31.1. The molecule has 304 valence electrons. The summed E-state index contributed by atoms with van der Waals surface area (Å²) in [5, 5.41) is 5.41. The summed E-state index contributed by atoms with van der Waals surface area (Å²) >= 11 is 12.9. The molecule has 0 unspecified atom stereocenters. The molecule has 1 aromatic heterocycles. The van der Waals surface area contributed by atoms with Gasteiger partial charge in [-0.05, 0) is 48.8 Å². The van der Waals surface area contributed by atoms with Crippen molar-refractivity contribution in [3.05, 3.63) is 62.0 Å². The summed E-state index contributed by atoms with van der Waals surface area (Å²) in [4.78, 5) is 71.1. The minimum atomic E-state index is -4.51. The summed E-state index contributed by atoms with van der Waals surface area (Å²) in [7, 11) is -4.51. The van der Waals surface area contributed by atoms with Crippen LogP contribution in [0.5, 0.6) is 0 Å². The molecule has 5 atom stereocenters. The molecule has 4 heterocycles. The molecule has 1 aliphatic carbocycles. The van der Waals surface area contributed by atoms with Crippen molar-refractivity contribution >= 4 is 74.5 Å². The van der Waals surface area contributed by atoms with Crippen LogP contribution in [0.15, 0.2) is 41.3 Å². The number of rotatable bonds is 6. The maximum Gasteiger partial charge on any atom is 0.410 e. The van der Waals surface area contributed by atoms with Crippen molar-refractivity contribution in [3.8, 4) is 0 Å². The van der Waals surface area contributed by atoms with Crippen molar-refractivity contribution in [2.24, 2.45) is 11.3 Å². The van der Waals surface area contributed by atoms with Crippen molar-refractivity contribution in [2.45, 2.75) is 107 Å². The molecule has 0 bridgehead atoms. The molecule has 4 aliphatic rings. The Kier molecular flexibility index (Phi) is 12.3. The first-order chi connectivity index (χ1) is 26.4. The number of fused-ring (bicyclic) bond motifs is 3. The highest BCUT2D eigenvalue weighted by Crippen LogP contribution is 2.46. The van der Waals surface area contributed by atoms with Gasteiger partial charge < -0.3 is 25.0 Å². The number of carbonyl (C=O) groups is 5. The highest BCUT2D eigenvalue weighted by Gasteiger charge is 2.62. The number of hydrogen-bond acceptors (Lipinski definition) is 10. The third kappa shape index (κ3) is 9.43. The lowest BCUT2D eigenvalue weighted by Gasteiger charge is -2.30. The van der Waals surface area contributed by atoms with E-state index in [1.165, 1.54) is 15.9 Å². The maximum absolute atomic E-state index is 14.5. The Morgan fingerprint density at radius 1 is 1.12 bits per heavy atom. The third-order valence-electron chi connectivity index (χ3n) is 10.2. The van der Waals surface area contributed by atoms with Crippen molar-refractivity contribution in [3.63, 3.8) is 0 Å². The number of amides is 5. The molecular weight excluding hydrogens is 812 g/mol. The van der Waals surface area contributed by atoms with E-state index in [9.17, 15) is 36.8 Å². The van der Waals surface area contributed by atoms with Gasteiger partial charge in [0, 0.05) is 24.4 Å². The Hall–Kier alpha value is -3.93. The van der Waals surface area contributed by atoms with Crippen LogP contribution in [0.2, 0.25) is 8.67 Å². The van der Waals surface area contributed by atoms with Crippen LogP contribution in [-0.2, 0) is 47.0 Å². The van der Waals surface area contributed by atoms with Crippen LogP contribution in [0.3, 0.4) is 0 Å². The number of carbonyl (C=O) groups excluding carboxylic acids is 5. The normalized spacial score (nSPS) is 25.5. The molecule has 0 radical (unpaired) electrons. The van der Waals surface area contributed by atoms with Crippen LogP contribution in [0.25, 0.3) is 0 Å². The van der Waals surface area contributed by atoms with Crippen molar-refractivity contribution < 1.29 is 46.3 Å². The Morgan fingerprint density at radius 2 is 1.89 bits per heavy atom. The summed E-state index contributed by atoms with van der Waals surface area (Å²) in [6.45, 7) is 5.58. The van der Waals surface area contributed by atoms with Crippen molar-refractivity contribution in [2.75, 3.05) is 13.2 Å². The monoisotopic (exact) mass is 855 g/mol. The van der Waals surface area contributed by atoms with Crippen LogP contribution in [0.4, 0.5) is 14.0 Å². The van der Waals surface area contributed by atoms with E-state index >= 15 is 0 Å². The standard InChI is InChI=1S/C37H44Cl2FN5O9S2/c1-36(2,3)20-53-34(49)41-26-13-8-6-4-5-7-11-22-16-37(22,33(48)43-56(51,52)28-15-29(38)55-30(28)39)42-31(46)27-14-23(18-45(27)32(26)47)54-35(50)44-17-21-10-9-12-25(40)24(21)19-44/h7,9-12,15,22-23,26-27H,4-6,8,13-14,16-20H2,1-3H3,(H,41,49)(H,42,46)(H,43,48)/t22-,23-,26+,27+,37-/m1/s1. The molecule has 1 saturated carbocycles. The summed E-state index contributed by atoms with van der Waals surface area (Å²) in [5.41, 5.74) is -1.06. The van der Waals surface area contributed by atoms with Crippen LogP contribution < -0.4 is 15.4 Å². The zero-order valence-corrected chi connectivity index (χ0v) is 34.2. The quantitative estimate of drug-likeness (QED) is 0.309. The SMILES string of the molecule is CC(C)(C)COC(=O)N[C@H]1CCCCCC=C[C@@H]2C[C@@]2(C(=O)NS(=O)(=O)c2cc(Cl)sc2Cl)NC(=O)[C@@H]2C[C@@H](OC(=O)N3Cc4cccc(F)c4C3)CN2C1=O. The van der Waals surface area contributed by atoms with E-state index in [2.05, 4.69) is 10.6 Å². The Bertz CT molecular complexity index is 2040. The summed E-state index contributed by atoms with van der Waals surface area (Å²) in [5.74, 6) is -3.47. The number of hydrogen-bond donors (Lipinski definition) is 3. The summed E-state index contributed by atoms with van der Waals surface area (Å²) in [6.07, 6.45) is 3.68. The number of sulfonamides is 1. The lowest BCUT2D eigenvalue weighted by atomic mass is 9.99. The fourth-order valence-electron chi connectivity index (χ4n) is 7.13. The van der Waals surface area contributed by atoms with Crippen molar-refractivity contribution in [1.82, 2.24) is 25.2 Å². The van der Waals surface area contributed by atoms with Crippen molar-refractivity contribution in [1.29, 1.82) is 0 Å². The van der Waals surface area contributed by atoms with Crippen LogP contribution in [0.1, 0.15) is 76.8 Å². The van der Waals surface area contributed by atoms with E-state index < -0.39 is 80.3 Å². The number of ether oxygens (including phenoxy) is 2. The van der Waals surface area contributed by atoms with Gasteiger partial charge in [-0.1, -0.05) is 81.1 Å². The van der Waals surface area contributed by atoms with E-state index in [1.54, 1.807) is 18.2 Å². The van der Waals surface area contributed by atoms with Gasteiger partial charge in [0.1, 0.15) is 38.8 Å². The fraction of sp³-hybridized carbons (Fsp3) is 0.541. The number of allylic oxidation sites excluding steroid dienone is 1. The van der Waals surface area contributed by atoms with Gasteiger partial charge in [0.15, 0.2) is 0 Å². The molecular formula is C37H44Cl2FN5O9S2. The van der Waals surface area contributed by atoms with Gasteiger partial charge in [-0.25, -0.2) is 27.1 Å². The Balaban J connectivity index is 1.26. The number of nitrogens with one attached hydrogen (secondary N) is 3. The summed E-state index contributed by atoms with van der Waals surface area (Å²) in [6, 6.07) is 3.27. The molecule has 6 rings (SSSR count). The molecule has 5 amide bonds. The smallest absolute Gasteiger partial charge is 0.410 e. The lowest BCUT2D eigenvalue weighted by molar-refractivity contribution is -0.141. The number of benzene rings is 1. The number of thiophene rings is 1. The first-order valence-corrected chi connectivity index (χ1v) is 21.4. The number of nitrogens with zero attached hydrogens (tertiary/aromatic N) is 2. The lowest BCUT2D eigenvalue weighted by Crippen LogP contribution is -2.58. The maximum atomic E-state index is 14.5. The van der Waals surface area contributed by atoms with Crippen LogP contribution in [0, 0.1) is 17.2 Å². The molecule has 19 heteroatoms. The third-order valence-corrected chi connectivity index (χ3v) is 13.3. The average molecular weight is 857 g/mol. The second-order valence-corrected chi connectivity index (χ2v) is 19.7. The molecule has 2 fully saturated rings. The van der Waals surface area contributed by atoms with Crippen LogP contribution in [-0.4, -0.2) is 85.0 Å². The minimum Gasteiger partial charge on any atom is -0.449 e. The highest BCUT2D eigenvalue weighted by molar-refractivity contribution is 7.90. The molecule has 1 saturated heterocycles. The van der Waals surface area contributed by atoms with Gasteiger partial charge in [-0.3, -0.25) is 19.3 Å². The van der Waals surface area contributed by atoms with Gasteiger partial charge >= 0.3 is 12.2 Å². The van der Waals surface area contributed by atoms with Gasteiger partial charge in [-0.2, -0.15) is 0 Å². The molecule has 56 heavy (non-hydrogen) atoms. The van der Waals surface area contributed by atoms with E-state index in [4.69, 9.17) is 32.7 Å². The number of halogens is 3. The minimum absolute atomic E-state index is 0.0268. The second-order valence-electron chi connectivity index (χ2n) is 15.8. The molecule has 3 N–H and O–H groups in total. The predicted octanol–water partition coefficient (Wildman–Crippen LogP) is 5.66. The van der Waals surface area contributed by atoms with Crippen LogP contribution >= 0.6 is 34.5 Å². The highest BCUT2D eigenvalue weighted by atomic mass is 35.5. The molecule has 2 aromatic rings. The van der Waals surface area contributed by atoms with E-state index in [-0.39, 0.29) is 59.6 Å². The van der Waals surface area contributed by atoms with Gasteiger partial charge in [-0.15, -0.1) is 11.3 Å². The molecule has 14 nitrogen and oxygen atoms in total. The van der Waals surface area contributed by atoms with Gasteiger partial charge in [0.2, 0.25) is 11.8 Å². The Labute approximate surface area is 338 Å². The fourth-order valence-corrected chi connectivity index (χ4v) is 10.3. The molecule has 1 aromatic carbocycles. The van der Waals surface area contributed by atoms with Gasteiger partial charge in [0.05, 0.1) is 24.0 Å². The summed E-state index contributed by atoms with van der Waals surface area (Å²) < 4.78 is 54.2.